The number of fused-ring (bicyclic) bond motifs is 6. The summed E-state index contributed by atoms with van der Waals surface area (Å²) in [5.74, 6) is 0. The first-order valence-corrected chi connectivity index (χ1v) is 18.2. The van der Waals surface area contributed by atoms with Gasteiger partial charge in [0.2, 0.25) is 0 Å². The van der Waals surface area contributed by atoms with E-state index in [2.05, 4.69) is 204 Å². The molecule has 0 radical (unpaired) electrons. The maximum Gasteiger partial charge on any atom is 0.0640 e. The highest BCUT2D eigenvalue weighted by Gasteiger charge is 2.19. The average molecular weight is 669 g/mol. The van der Waals surface area contributed by atoms with Crippen LogP contribution < -0.4 is 4.90 Å². The first kappa shape index (κ1) is 29.5. The van der Waals surface area contributed by atoms with Crippen LogP contribution in [-0.2, 0) is 0 Å². The van der Waals surface area contributed by atoms with Gasteiger partial charge in [-0.05, 0) is 76.9 Å². The van der Waals surface area contributed by atoms with Crippen molar-refractivity contribution in [3.8, 4) is 27.9 Å². The number of aromatic nitrogens is 1. The Balaban J connectivity index is 1.05. The van der Waals surface area contributed by atoms with Gasteiger partial charge in [-0.2, -0.15) is 0 Å². The van der Waals surface area contributed by atoms with Gasteiger partial charge in [0.15, 0.2) is 0 Å². The van der Waals surface area contributed by atoms with Gasteiger partial charge in [-0.25, -0.2) is 0 Å². The molecule has 0 aliphatic carbocycles. The highest BCUT2D eigenvalue weighted by atomic mass is 32.1. The van der Waals surface area contributed by atoms with Gasteiger partial charge in [0.05, 0.1) is 21.4 Å². The molecule has 0 amide bonds. The van der Waals surface area contributed by atoms with Crippen LogP contribution in [0.1, 0.15) is 0 Å². The lowest BCUT2D eigenvalue weighted by molar-refractivity contribution is 1.18. The third-order valence-corrected chi connectivity index (χ3v) is 11.3. The van der Waals surface area contributed by atoms with Crippen LogP contribution in [0.2, 0.25) is 0 Å². The molecule has 0 aliphatic heterocycles. The van der Waals surface area contributed by atoms with E-state index in [-0.39, 0.29) is 0 Å². The smallest absolute Gasteiger partial charge is 0.0640 e. The van der Waals surface area contributed by atoms with Gasteiger partial charge < -0.3 is 9.47 Å². The molecule has 0 saturated heterocycles. The van der Waals surface area contributed by atoms with Crippen LogP contribution in [-0.4, -0.2) is 4.57 Å². The monoisotopic (exact) mass is 668 g/mol. The summed E-state index contributed by atoms with van der Waals surface area (Å²) in [5, 5.41) is 5.13. The number of hydrogen-bond donors (Lipinski definition) is 0. The maximum absolute atomic E-state index is 2.40. The molecule has 0 bridgehead atoms. The molecule has 0 atom stereocenters. The Morgan fingerprint density at radius 3 is 1.53 bits per heavy atom. The molecule has 0 saturated carbocycles. The second-order valence-electron chi connectivity index (χ2n) is 12.9. The van der Waals surface area contributed by atoms with Crippen LogP contribution in [0.15, 0.2) is 194 Å². The minimum absolute atomic E-state index is 1.13. The van der Waals surface area contributed by atoms with Crippen molar-refractivity contribution in [2.24, 2.45) is 0 Å². The minimum Gasteiger partial charge on any atom is -0.309 e. The quantitative estimate of drug-likeness (QED) is 0.171. The molecule has 2 aromatic heterocycles. The number of nitrogens with zero attached hydrogens (tertiary/aromatic N) is 2. The second kappa shape index (κ2) is 12.2. The molecule has 2 nitrogen and oxygen atoms in total. The van der Waals surface area contributed by atoms with Crippen LogP contribution in [0.25, 0.3) is 69.9 Å². The second-order valence-corrected chi connectivity index (χ2v) is 14.0. The number of rotatable bonds is 6. The molecule has 240 valence electrons. The van der Waals surface area contributed by atoms with Crippen LogP contribution in [0, 0.1) is 0 Å². The molecule has 2 heterocycles. The van der Waals surface area contributed by atoms with Crippen molar-refractivity contribution in [2.75, 3.05) is 4.90 Å². The summed E-state index contributed by atoms with van der Waals surface area (Å²) in [5.41, 5.74) is 12.0. The molecule has 10 rings (SSSR count). The number of para-hydroxylation sites is 3. The minimum atomic E-state index is 1.13. The fourth-order valence-electron chi connectivity index (χ4n) is 7.64. The van der Waals surface area contributed by atoms with E-state index in [9.17, 15) is 0 Å². The van der Waals surface area contributed by atoms with E-state index in [4.69, 9.17) is 0 Å². The van der Waals surface area contributed by atoms with Crippen molar-refractivity contribution in [1.29, 1.82) is 0 Å². The Labute approximate surface area is 300 Å². The third-order valence-electron chi connectivity index (χ3n) is 10.0. The zero-order chi connectivity index (χ0) is 33.7. The van der Waals surface area contributed by atoms with E-state index in [1.54, 1.807) is 0 Å². The molecule has 8 aromatic carbocycles. The lowest BCUT2D eigenvalue weighted by Crippen LogP contribution is -2.09. The van der Waals surface area contributed by atoms with Crippen molar-refractivity contribution >= 4 is 70.4 Å². The van der Waals surface area contributed by atoms with E-state index < -0.39 is 0 Å². The number of anilines is 3. The zero-order valence-electron chi connectivity index (χ0n) is 27.8. The predicted octanol–water partition coefficient (Wildman–Crippen LogP) is 14.0. The maximum atomic E-state index is 2.40. The van der Waals surface area contributed by atoms with Gasteiger partial charge >= 0.3 is 0 Å². The summed E-state index contributed by atoms with van der Waals surface area (Å²) >= 11 is 1.89. The Hall–Kier alpha value is -6.42. The van der Waals surface area contributed by atoms with Gasteiger partial charge in [0.1, 0.15) is 0 Å². The normalized spacial score (nSPS) is 11.5. The van der Waals surface area contributed by atoms with Crippen molar-refractivity contribution in [2.45, 2.75) is 0 Å². The zero-order valence-corrected chi connectivity index (χ0v) is 28.6. The van der Waals surface area contributed by atoms with E-state index in [0.29, 0.717) is 0 Å². The Morgan fingerprint density at radius 2 is 0.863 bits per heavy atom. The Kier molecular flexibility index (Phi) is 7.04. The summed E-state index contributed by atoms with van der Waals surface area (Å²) in [6.45, 7) is 0. The van der Waals surface area contributed by atoms with Crippen molar-refractivity contribution in [3.63, 3.8) is 0 Å². The largest absolute Gasteiger partial charge is 0.309 e. The van der Waals surface area contributed by atoms with E-state index >= 15 is 0 Å². The number of benzene rings is 8. The molecular weight excluding hydrogens is 637 g/mol. The SMILES string of the molecule is c1ccc(-c2cccc3c2sc2c(N(c4ccccc4)c4ccc(-c5ccc(-n6c7ccccc7c7ccccc76)cc5)cc4)cccc23)cc1. The molecule has 3 heteroatoms. The fraction of sp³-hybridized carbons (Fsp3) is 0. The summed E-state index contributed by atoms with van der Waals surface area (Å²) in [6.07, 6.45) is 0. The molecule has 0 N–H and O–H groups in total. The standard InChI is InChI=1S/C48H32N2S/c1-3-13-35(14-4-1)39-19-11-20-42-43-21-12-24-46(48(43)51-47(39)42)49(36-15-5-2-6-16-36)37-29-25-33(26-30-37)34-27-31-38(32-28-34)50-44-22-9-7-17-40(44)41-18-8-10-23-45(41)50/h1-32H. The molecule has 51 heavy (non-hydrogen) atoms. The molecule has 0 fully saturated rings. The van der Waals surface area contributed by atoms with Gasteiger partial charge in [-0.15, -0.1) is 11.3 Å². The van der Waals surface area contributed by atoms with Crippen molar-refractivity contribution in [3.05, 3.63) is 194 Å². The van der Waals surface area contributed by atoms with Gasteiger partial charge in [-0.1, -0.05) is 140 Å². The summed E-state index contributed by atoms with van der Waals surface area (Å²) in [6, 6.07) is 70.2. The number of hydrogen-bond acceptors (Lipinski definition) is 2. The fourth-order valence-corrected chi connectivity index (χ4v) is 8.98. The van der Waals surface area contributed by atoms with Gasteiger partial charge in [-0.3, -0.25) is 0 Å². The van der Waals surface area contributed by atoms with Crippen LogP contribution in [0.4, 0.5) is 17.1 Å². The topological polar surface area (TPSA) is 8.17 Å². The van der Waals surface area contributed by atoms with Gasteiger partial charge in [0, 0.05) is 43.3 Å². The summed E-state index contributed by atoms with van der Waals surface area (Å²) in [4.78, 5) is 2.40. The summed E-state index contributed by atoms with van der Waals surface area (Å²) < 4.78 is 4.97. The van der Waals surface area contributed by atoms with E-state index in [0.717, 1.165) is 17.1 Å². The average Bonchev–Trinajstić information content (AvgIpc) is 3.76. The van der Waals surface area contributed by atoms with Crippen molar-refractivity contribution < 1.29 is 0 Å². The third kappa shape index (κ3) is 4.93. The highest BCUT2D eigenvalue weighted by molar-refractivity contribution is 7.27. The lowest BCUT2D eigenvalue weighted by Gasteiger charge is -2.26. The predicted molar refractivity (Wildman–Crippen MR) is 219 cm³/mol. The molecule has 0 spiro atoms. The molecule has 0 aliphatic rings. The molecular formula is C48H32N2S. The molecule has 0 unspecified atom stereocenters. The first-order valence-electron chi connectivity index (χ1n) is 17.4. The Morgan fingerprint density at radius 1 is 0.353 bits per heavy atom. The first-order chi connectivity index (χ1) is 25.3. The van der Waals surface area contributed by atoms with Crippen LogP contribution in [0.3, 0.4) is 0 Å². The lowest BCUT2D eigenvalue weighted by atomic mass is 10.0. The van der Waals surface area contributed by atoms with Crippen LogP contribution >= 0.6 is 11.3 Å². The molecule has 10 aromatic rings. The van der Waals surface area contributed by atoms with Gasteiger partial charge in [0.25, 0.3) is 0 Å². The van der Waals surface area contributed by atoms with E-state index in [1.807, 2.05) is 11.3 Å². The highest BCUT2D eigenvalue weighted by Crippen LogP contribution is 2.47. The van der Waals surface area contributed by atoms with Crippen molar-refractivity contribution in [1.82, 2.24) is 4.57 Å². The summed E-state index contributed by atoms with van der Waals surface area (Å²) in [7, 11) is 0. The number of thiophene rings is 1. The Bertz CT molecular complexity index is 2780. The van der Waals surface area contributed by atoms with E-state index in [1.165, 1.54) is 69.9 Å². The van der Waals surface area contributed by atoms with Crippen LogP contribution in [0.5, 0.6) is 0 Å².